The quantitative estimate of drug-likeness (QED) is 0.393. The summed E-state index contributed by atoms with van der Waals surface area (Å²) in [7, 11) is 0. The van der Waals surface area contributed by atoms with Crippen molar-refractivity contribution in [1.82, 2.24) is 19.9 Å². The van der Waals surface area contributed by atoms with Crippen molar-refractivity contribution >= 4 is 22.6 Å². The summed E-state index contributed by atoms with van der Waals surface area (Å²) in [6, 6.07) is 10.7. The Hall–Kier alpha value is -4.19. The number of hydrogen-bond donors (Lipinski definition) is 0. The summed E-state index contributed by atoms with van der Waals surface area (Å²) in [5.74, 6) is 0.0999. The Kier molecular flexibility index (Phi) is 5.85. The first-order chi connectivity index (χ1) is 15.5. The molecule has 0 radical (unpaired) electrons. The number of fused-ring (bicyclic) bond motifs is 1. The maximum absolute atomic E-state index is 10.7. The van der Waals surface area contributed by atoms with E-state index in [4.69, 9.17) is 15.8 Å². The second kappa shape index (κ2) is 8.89. The van der Waals surface area contributed by atoms with Crippen LogP contribution < -0.4 is 9.84 Å². The highest BCUT2D eigenvalue weighted by Gasteiger charge is 2.15. The Morgan fingerprint density at radius 2 is 2.09 bits per heavy atom. The van der Waals surface area contributed by atoms with Crippen LogP contribution in [0.2, 0.25) is 0 Å². The Balaban J connectivity index is 1.59. The Morgan fingerprint density at radius 3 is 2.84 bits per heavy atom. The number of carboxylic acid groups (broad SMARTS) is 1. The number of aromatic nitrogens is 4. The second-order valence-electron chi connectivity index (χ2n) is 7.32. The van der Waals surface area contributed by atoms with Gasteiger partial charge in [-0.2, -0.15) is 10.1 Å². The largest absolute Gasteiger partial charge is 0.550 e. The fraction of sp³-hybridized carbons (Fsp3) is 0.261. The maximum atomic E-state index is 10.7. The van der Waals surface area contributed by atoms with Crippen LogP contribution in [-0.2, 0) is 11.3 Å². The highest BCUT2D eigenvalue weighted by Crippen LogP contribution is 2.34. The first kappa shape index (κ1) is 21.1. The van der Waals surface area contributed by atoms with Gasteiger partial charge in [0.25, 0.3) is 5.89 Å². The number of carboxylic acids is 1. The van der Waals surface area contributed by atoms with Crippen LogP contribution in [0.15, 0.2) is 47.1 Å². The molecule has 0 aliphatic rings. The summed E-state index contributed by atoms with van der Waals surface area (Å²) in [4.78, 5) is 18.7. The van der Waals surface area contributed by atoms with E-state index in [0.29, 0.717) is 28.7 Å². The van der Waals surface area contributed by atoms with Crippen molar-refractivity contribution in [2.45, 2.75) is 39.3 Å². The van der Waals surface area contributed by atoms with Crippen molar-refractivity contribution in [3.63, 3.8) is 0 Å². The van der Waals surface area contributed by atoms with Crippen molar-refractivity contribution < 1.29 is 19.2 Å². The lowest BCUT2D eigenvalue weighted by atomic mass is 10.1. The number of carbonyl (C=O) groups excluding carboxylic acids is 1. The average molecular weight is 430 g/mol. The lowest BCUT2D eigenvalue weighted by Gasteiger charge is -2.14. The van der Waals surface area contributed by atoms with Gasteiger partial charge in [0.05, 0.1) is 24.4 Å². The molecular weight excluding hydrogens is 410 g/mol. The van der Waals surface area contributed by atoms with Crippen molar-refractivity contribution in [1.29, 1.82) is 0 Å². The van der Waals surface area contributed by atoms with Gasteiger partial charge in [0, 0.05) is 35.4 Å². The van der Waals surface area contributed by atoms with E-state index in [-0.39, 0.29) is 19.1 Å². The van der Waals surface area contributed by atoms with Crippen LogP contribution in [0.4, 0.5) is 5.69 Å². The predicted molar refractivity (Wildman–Crippen MR) is 115 cm³/mol. The molecule has 9 nitrogen and oxygen atoms in total. The van der Waals surface area contributed by atoms with Crippen molar-refractivity contribution in [3.05, 3.63) is 54.0 Å². The monoisotopic (exact) mass is 430 g/mol. The summed E-state index contributed by atoms with van der Waals surface area (Å²) in [5, 5.41) is 19.8. The molecule has 4 aromatic rings. The second-order valence-corrected chi connectivity index (χ2v) is 7.32. The fourth-order valence-corrected chi connectivity index (χ4v) is 3.20. The summed E-state index contributed by atoms with van der Waals surface area (Å²) >= 11 is 0. The van der Waals surface area contributed by atoms with Crippen molar-refractivity contribution in [3.8, 4) is 28.6 Å². The smallest absolute Gasteiger partial charge is 0.256 e. The highest BCUT2D eigenvalue weighted by atomic mass is 16.5. The van der Waals surface area contributed by atoms with E-state index in [0.717, 1.165) is 22.9 Å². The molecule has 0 saturated carbocycles. The zero-order chi connectivity index (χ0) is 22.7. The molecule has 0 bridgehead atoms. The van der Waals surface area contributed by atoms with Crippen LogP contribution in [0.3, 0.4) is 0 Å². The minimum Gasteiger partial charge on any atom is -0.550 e. The number of ether oxygens (including phenoxy) is 1. The zero-order valence-corrected chi connectivity index (χ0v) is 17.6. The van der Waals surface area contributed by atoms with Gasteiger partial charge in [0.1, 0.15) is 5.75 Å². The minimum atomic E-state index is -1.12. The van der Waals surface area contributed by atoms with E-state index in [9.17, 15) is 9.90 Å². The summed E-state index contributed by atoms with van der Waals surface area (Å²) < 4.78 is 12.8. The molecule has 32 heavy (non-hydrogen) atoms. The maximum Gasteiger partial charge on any atom is 0.256 e. The van der Waals surface area contributed by atoms with E-state index in [1.807, 2.05) is 32.0 Å². The number of aliphatic carboxylic acids is 1. The Morgan fingerprint density at radius 1 is 1.28 bits per heavy atom. The predicted octanol–water partition coefficient (Wildman–Crippen LogP) is 3.62. The third-order valence-electron chi connectivity index (χ3n) is 5.08. The molecule has 0 spiro atoms. The summed E-state index contributed by atoms with van der Waals surface area (Å²) in [5.41, 5.74) is 2.54. The van der Waals surface area contributed by atoms with Crippen LogP contribution in [0, 0.1) is 6.57 Å². The van der Waals surface area contributed by atoms with E-state index in [2.05, 4.69) is 20.1 Å². The standard InChI is InChI=1S/C23H21N5O4/c1-4-14(2)31-20-8-6-16(12-18(20)24-3)23-26-22(27-32-23)15-5-7-19-17(11-15)13-25-28(19)10-9-21(29)30/h5-8,11-14H,4,9-10H2,1-2H3,(H,29,30)/p-1/t14-/m0/s1. The normalized spacial score (nSPS) is 11.9. The van der Waals surface area contributed by atoms with Gasteiger partial charge in [-0.25, -0.2) is 4.85 Å². The number of nitrogens with zero attached hydrogens (tertiary/aromatic N) is 5. The van der Waals surface area contributed by atoms with E-state index in [1.54, 1.807) is 29.1 Å². The first-order valence-electron chi connectivity index (χ1n) is 10.2. The topological polar surface area (TPSA) is 110 Å². The SMILES string of the molecule is [C-]#[N+]c1cc(-c2nc(-c3ccc4c(cnn4CCC(=O)[O-])c3)no2)ccc1O[C@@H](C)CC. The average Bonchev–Trinajstić information content (AvgIpc) is 3.45. The third-order valence-corrected chi connectivity index (χ3v) is 5.08. The van der Waals surface area contributed by atoms with Gasteiger partial charge in [-0.3, -0.25) is 4.68 Å². The fourth-order valence-electron chi connectivity index (χ4n) is 3.20. The molecule has 0 fully saturated rings. The summed E-state index contributed by atoms with van der Waals surface area (Å²) in [6.45, 7) is 11.7. The lowest BCUT2D eigenvalue weighted by Crippen LogP contribution is -2.23. The van der Waals surface area contributed by atoms with Gasteiger partial charge in [0.15, 0.2) is 0 Å². The van der Waals surface area contributed by atoms with E-state index >= 15 is 0 Å². The molecule has 162 valence electrons. The van der Waals surface area contributed by atoms with Gasteiger partial charge < -0.3 is 19.2 Å². The van der Waals surface area contributed by atoms with Gasteiger partial charge in [-0.1, -0.05) is 12.1 Å². The summed E-state index contributed by atoms with van der Waals surface area (Å²) in [6.07, 6.45) is 2.40. The molecule has 0 N–H and O–H groups in total. The molecule has 0 unspecified atom stereocenters. The van der Waals surface area contributed by atoms with Gasteiger partial charge in [0.2, 0.25) is 11.5 Å². The number of aryl methyl sites for hydroxylation is 1. The van der Waals surface area contributed by atoms with Gasteiger partial charge in [-0.15, -0.1) is 0 Å². The van der Waals surface area contributed by atoms with Gasteiger partial charge in [-0.05, 0) is 49.7 Å². The van der Waals surface area contributed by atoms with E-state index in [1.165, 1.54) is 0 Å². The number of benzene rings is 2. The Labute approximate surface area is 184 Å². The highest BCUT2D eigenvalue weighted by molar-refractivity contribution is 5.83. The first-order valence-corrected chi connectivity index (χ1v) is 10.2. The molecule has 0 aliphatic heterocycles. The Bertz CT molecular complexity index is 1320. The van der Waals surface area contributed by atoms with Crippen LogP contribution in [-0.4, -0.2) is 32.0 Å². The zero-order valence-electron chi connectivity index (χ0n) is 17.6. The molecule has 0 aliphatic carbocycles. The molecule has 4 rings (SSSR count). The molecular formula is C23H20N5O4-. The van der Waals surface area contributed by atoms with E-state index < -0.39 is 5.97 Å². The molecule has 9 heteroatoms. The number of carbonyl (C=O) groups is 1. The molecule has 2 aromatic carbocycles. The minimum absolute atomic E-state index is 0.0106. The van der Waals surface area contributed by atoms with Crippen LogP contribution in [0.1, 0.15) is 26.7 Å². The van der Waals surface area contributed by atoms with Crippen LogP contribution in [0.5, 0.6) is 5.75 Å². The molecule has 0 amide bonds. The lowest BCUT2D eigenvalue weighted by molar-refractivity contribution is -0.305. The van der Waals surface area contributed by atoms with Crippen molar-refractivity contribution in [2.75, 3.05) is 0 Å². The molecule has 0 saturated heterocycles. The van der Waals surface area contributed by atoms with Crippen LogP contribution >= 0.6 is 0 Å². The molecule has 1 atom stereocenters. The van der Waals surface area contributed by atoms with Crippen LogP contribution in [0.25, 0.3) is 38.6 Å². The van der Waals surface area contributed by atoms with Gasteiger partial charge >= 0.3 is 0 Å². The number of rotatable bonds is 8. The molecule has 2 heterocycles. The number of hydrogen-bond acceptors (Lipinski definition) is 7. The third kappa shape index (κ3) is 4.30. The molecule has 2 aromatic heterocycles. The van der Waals surface area contributed by atoms with Crippen molar-refractivity contribution in [2.24, 2.45) is 0 Å².